The standard InChI is InChI=1S/C11H19NO/c1-10(2)12-8-4-3-6-11(12)7-5-9-13/h5,7,9-11H,3-4,6,8H2,1-2H3/b7-5-. The van der Waals surface area contributed by atoms with Gasteiger partial charge >= 0.3 is 0 Å². The van der Waals surface area contributed by atoms with Gasteiger partial charge in [-0.1, -0.05) is 12.5 Å². The number of hydrogen-bond acceptors (Lipinski definition) is 2. The van der Waals surface area contributed by atoms with Crippen molar-refractivity contribution in [3.8, 4) is 0 Å². The highest BCUT2D eigenvalue weighted by atomic mass is 16.1. The summed E-state index contributed by atoms with van der Waals surface area (Å²) in [5.41, 5.74) is 0. The van der Waals surface area contributed by atoms with Crippen molar-refractivity contribution in [1.29, 1.82) is 0 Å². The molecule has 13 heavy (non-hydrogen) atoms. The molecule has 0 bridgehead atoms. The van der Waals surface area contributed by atoms with E-state index in [0.29, 0.717) is 12.1 Å². The van der Waals surface area contributed by atoms with Gasteiger partial charge in [0.25, 0.3) is 0 Å². The highest BCUT2D eigenvalue weighted by Crippen LogP contribution is 2.20. The zero-order chi connectivity index (χ0) is 9.68. The molecule has 1 aliphatic heterocycles. The largest absolute Gasteiger partial charge is 0.299 e. The van der Waals surface area contributed by atoms with Gasteiger partial charge in [-0.2, -0.15) is 0 Å². The number of piperidine rings is 1. The van der Waals surface area contributed by atoms with Crippen molar-refractivity contribution in [1.82, 2.24) is 4.90 Å². The molecule has 0 radical (unpaired) electrons. The molecule has 0 amide bonds. The first kappa shape index (κ1) is 10.5. The van der Waals surface area contributed by atoms with Crippen molar-refractivity contribution >= 4 is 6.29 Å². The van der Waals surface area contributed by atoms with Crippen LogP contribution in [-0.2, 0) is 4.79 Å². The molecule has 2 heteroatoms. The Bertz CT molecular complexity index is 187. The second-order valence-electron chi connectivity index (χ2n) is 3.92. The van der Waals surface area contributed by atoms with Crippen LogP contribution in [0.15, 0.2) is 12.2 Å². The van der Waals surface area contributed by atoms with E-state index in [9.17, 15) is 4.79 Å². The zero-order valence-corrected chi connectivity index (χ0v) is 8.57. The van der Waals surface area contributed by atoms with Gasteiger partial charge in [0.15, 0.2) is 0 Å². The van der Waals surface area contributed by atoms with E-state index >= 15 is 0 Å². The van der Waals surface area contributed by atoms with Gasteiger partial charge in [0.05, 0.1) is 0 Å². The fraction of sp³-hybridized carbons (Fsp3) is 0.727. The van der Waals surface area contributed by atoms with Crippen molar-refractivity contribution in [2.75, 3.05) is 6.54 Å². The highest BCUT2D eigenvalue weighted by Gasteiger charge is 2.21. The summed E-state index contributed by atoms with van der Waals surface area (Å²) in [5.74, 6) is 0. The predicted octanol–water partition coefficient (Wildman–Crippen LogP) is 2.00. The van der Waals surface area contributed by atoms with E-state index in [-0.39, 0.29) is 0 Å². The summed E-state index contributed by atoms with van der Waals surface area (Å²) in [4.78, 5) is 12.7. The smallest absolute Gasteiger partial charge is 0.142 e. The lowest BCUT2D eigenvalue weighted by Gasteiger charge is -2.36. The molecular weight excluding hydrogens is 162 g/mol. The quantitative estimate of drug-likeness (QED) is 0.490. The zero-order valence-electron chi connectivity index (χ0n) is 8.57. The Morgan fingerprint density at radius 3 is 2.77 bits per heavy atom. The summed E-state index contributed by atoms with van der Waals surface area (Å²) in [5, 5.41) is 0. The number of allylic oxidation sites excluding steroid dienone is 1. The highest BCUT2D eigenvalue weighted by molar-refractivity contribution is 5.64. The van der Waals surface area contributed by atoms with E-state index in [0.717, 1.165) is 6.29 Å². The Kier molecular flexibility index (Phi) is 4.16. The molecule has 0 aromatic rings. The Morgan fingerprint density at radius 2 is 2.15 bits per heavy atom. The lowest BCUT2D eigenvalue weighted by atomic mass is 10.00. The topological polar surface area (TPSA) is 20.3 Å². The summed E-state index contributed by atoms with van der Waals surface area (Å²) in [7, 11) is 0. The molecule has 1 rings (SSSR count). The maximum atomic E-state index is 10.2. The third kappa shape index (κ3) is 2.96. The van der Waals surface area contributed by atoms with Crippen molar-refractivity contribution in [2.45, 2.75) is 45.2 Å². The number of carbonyl (C=O) groups is 1. The van der Waals surface area contributed by atoms with Crippen LogP contribution in [0.5, 0.6) is 0 Å². The van der Waals surface area contributed by atoms with E-state index in [1.807, 2.05) is 6.08 Å². The fourth-order valence-corrected chi connectivity index (χ4v) is 2.00. The Morgan fingerprint density at radius 1 is 1.38 bits per heavy atom. The fourth-order valence-electron chi connectivity index (χ4n) is 2.00. The third-order valence-corrected chi connectivity index (χ3v) is 2.67. The van der Waals surface area contributed by atoms with E-state index in [2.05, 4.69) is 18.7 Å². The molecule has 1 fully saturated rings. The molecule has 2 nitrogen and oxygen atoms in total. The molecule has 0 spiro atoms. The first-order valence-electron chi connectivity index (χ1n) is 5.13. The number of carbonyl (C=O) groups excluding carboxylic acids is 1. The molecule has 0 N–H and O–H groups in total. The molecule has 0 aliphatic carbocycles. The summed E-state index contributed by atoms with van der Waals surface area (Å²) >= 11 is 0. The molecule has 1 heterocycles. The summed E-state index contributed by atoms with van der Waals surface area (Å²) < 4.78 is 0. The van der Waals surface area contributed by atoms with Crippen LogP contribution in [-0.4, -0.2) is 29.8 Å². The molecular formula is C11H19NO. The molecule has 1 saturated heterocycles. The number of hydrogen-bond donors (Lipinski definition) is 0. The Balaban J connectivity index is 2.56. The van der Waals surface area contributed by atoms with Crippen LogP contribution in [0.1, 0.15) is 33.1 Å². The lowest BCUT2D eigenvalue weighted by molar-refractivity contribution is -0.104. The number of aldehydes is 1. The van der Waals surface area contributed by atoms with Crippen LogP contribution in [0.2, 0.25) is 0 Å². The van der Waals surface area contributed by atoms with Gasteiger partial charge in [0, 0.05) is 12.1 Å². The van der Waals surface area contributed by atoms with E-state index in [1.165, 1.54) is 25.8 Å². The lowest BCUT2D eigenvalue weighted by Crippen LogP contribution is -2.42. The summed E-state index contributed by atoms with van der Waals surface area (Å²) in [6.45, 7) is 5.60. The van der Waals surface area contributed by atoms with Crippen molar-refractivity contribution in [3.05, 3.63) is 12.2 Å². The average molecular weight is 181 g/mol. The van der Waals surface area contributed by atoms with Gasteiger partial charge in [0.1, 0.15) is 6.29 Å². The van der Waals surface area contributed by atoms with E-state index in [4.69, 9.17) is 0 Å². The summed E-state index contributed by atoms with van der Waals surface area (Å²) in [6, 6.07) is 1.07. The number of rotatable bonds is 3. The Labute approximate surface area is 80.6 Å². The van der Waals surface area contributed by atoms with Crippen LogP contribution in [0.25, 0.3) is 0 Å². The molecule has 1 unspecified atom stereocenters. The number of likely N-dealkylation sites (tertiary alicyclic amines) is 1. The van der Waals surface area contributed by atoms with Gasteiger partial charge in [0.2, 0.25) is 0 Å². The SMILES string of the molecule is CC(C)N1CCCCC1/C=C\C=O. The molecule has 0 saturated carbocycles. The van der Waals surface area contributed by atoms with Crippen LogP contribution in [0.3, 0.4) is 0 Å². The average Bonchev–Trinajstić information content (AvgIpc) is 2.15. The minimum Gasteiger partial charge on any atom is -0.299 e. The maximum absolute atomic E-state index is 10.2. The van der Waals surface area contributed by atoms with Gasteiger partial charge < -0.3 is 0 Å². The monoisotopic (exact) mass is 181 g/mol. The van der Waals surface area contributed by atoms with Crippen LogP contribution < -0.4 is 0 Å². The van der Waals surface area contributed by atoms with Gasteiger partial charge in [-0.05, 0) is 39.3 Å². The molecule has 0 aromatic carbocycles. The molecule has 1 atom stereocenters. The number of nitrogens with zero attached hydrogens (tertiary/aromatic N) is 1. The molecule has 74 valence electrons. The maximum Gasteiger partial charge on any atom is 0.142 e. The van der Waals surface area contributed by atoms with Gasteiger partial charge in [-0.15, -0.1) is 0 Å². The molecule has 1 aliphatic rings. The van der Waals surface area contributed by atoms with Crippen molar-refractivity contribution in [2.24, 2.45) is 0 Å². The first-order valence-corrected chi connectivity index (χ1v) is 5.13. The van der Waals surface area contributed by atoms with Crippen LogP contribution in [0.4, 0.5) is 0 Å². The van der Waals surface area contributed by atoms with Crippen LogP contribution in [0, 0.1) is 0 Å². The van der Waals surface area contributed by atoms with Crippen molar-refractivity contribution in [3.63, 3.8) is 0 Å². The Hall–Kier alpha value is -0.630. The van der Waals surface area contributed by atoms with Crippen LogP contribution >= 0.6 is 0 Å². The van der Waals surface area contributed by atoms with Gasteiger partial charge in [-0.25, -0.2) is 0 Å². The van der Waals surface area contributed by atoms with Crippen molar-refractivity contribution < 1.29 is 4.79 Å². The third-order valence-electron chi connectivity index (χ3n) is 2.67. The van der Waals surface area contributed by atoms with E-state index in [1.54, 1.807) is 6.08 Å². The minimum atomic E-state index is 0.485. The molecule has 0 aromatic heterocycles. The second kappa shape index (κ2) is 5.18. The second-order valence-corrected chi connectivity index (χ2v) is 3.92. The minimum absolute atomic E-state index is 0.485. The normalized spacial score (nSPS) is 25.6. The first-order chi connectivity index (χ1) is 6.25. The summed E-state index contributed by atoms with van der Waals surface area (Å²) in [6.07, 6.45) is 8.31. The van der Waals surface area contributed by atoms with E-state index < -0.39 is 0 Å². The predicted molar refractivity (Wildman–Crippen MR) is 54.7 cm³/mol. The van der Waals surface area contributed by atoms with Gasteiger partial charge in [-0.3, -0.25) is 9.69 Å².